The summed E-state index contributed by atoms with van der Waals surface area (Å²) in [5, 5.41) is 14.1. The van der Waals surface area contributed by atoms with Crippen LogP contribution in [0.25, 0.3) is 0 Å². The van der Waals surface area contributed by atoms with Crippen molar-refractivity contribution in [3.8, 4) is 0 Å². The maximum atomic E-state index is 10.7. The highest BCUT2D eigenvalue weighted by Crippen LogP contribution is 2.24. The first-order valence-corrected chi connectivity index (χ1v) is 6.74. The zero-order chi connectivity index (χ0) is 14.1. The largest absolute Gasteiger partial charge is 0.381 e. The Labute approximate surface area is 118 Å². The highest BCUT2D eigenvalue weighted by molar-refractivity contribution is 6.32. The number of nitro benzene ring substituents is 1. The maximum Gasteiger partial charge on any atom is 0.288 e. The normalized spacial score (nSPS) is 10.6. The van der Waals surface area contributed by atoms with Crippen LogP contribution in [-0.4, -0.2) is 24.7 Å². The predicted octanol–water partition coefficient (Wildman–Crippen LogP) is 3.15. The number of nitrogens with one attached hydrogen (secondary N) is 1. The summed E-state index contributed by atoms with van der Waals surface area (Å²) in [6, 6.07) is 4.85. The molecule has 0 aliphatic heterocycles. The van der Waals surface area contributed by atoms with Crippen molar-refractivity contribution in [3.63, 3.8) is 0 Å². The highest BCUT2D eigenvalue weighted by atomic mass is 35.5. The number of nitro groups is 1. The van der Waals surface area contributed by atoms with E-state index in [1.807, 2.05) is 0 Å². The van der Waals surface area contributed by atoms with E-state index in [1.165, 1.54) is 6.07 Å². The number of rotatable bonds is 9. The fourth-order valence-corrected chi connectivity index (χ4v) is 1.77. The third kappa shape index (κ3) is 6.00. The van der Waals surface area contributed by atoms with Crippen LogP contribution in [0.1, 0.15) is 25.3 Å². The Hall–Kier alpha value is -1.17. The lowest BCUT2D eigenvalue weighted by Crippen LogP contribution is -2.16. The highest BCUT2D eigenvalue weighted by Gasteiger charge is 2.12. The number of benzene rings is 1. The molecule has 0 aromatic heterocycles. The first-order chi connectivity index (χ1) is 9.15. The molecule has 0 amide bonds. The summed E-state index contributed by atoms with van der Waals surface area (Å²) in [7, 11) is 0. The lowest BCUT2D eigenvalue weighted by molar-refractivity contribution is -0.384. The number of hydrogen-bond donors (Lipinski definition) is 1. The molecule has 1 N–H and O–H groups in total. The van der Waals surface area contributed by atoms with Crippen LogP contribution in [0.4, 0.5) is 5.69 Å². The van der Waals surface area contributed by atoms with Crippen molar-refractivity contribution < 1.29 is 9.66 Å². The molecule has 0 fully saturated rings. The van der Waals surface area contributed by atoms with Gasteiger partial charge in [0.15, 0.2) is 0 Å². The summed E-state index contributed by atoms with van der Waals surface area (Å²) in [6.07, 6.45) is 1.96. The third-order valence-electron chi connectivity index (χ3n) is 2.53. The van der Waals surface area contributed by atoms with Gasteiger partial charge in [0.1, 0.15) is 5.02 Å². The molecule has 0 spiro atoms. The van der Waals surface area contributed by atoms with Crippen molar-refractivity contribution >= 4 is 17.3 Å². The Kier molecular flexibility index (Phi) is 7.40. The molecule has 0 aliphatic rings. The van der Waals surface area contributed by atoms with Gasteiger partial charge in [-0.1, -0.05) is 24.6 Å². The van der Waals surface area contributed by atoms with Crippen molar-refractivity contribution in [2.24, 2.45) is 0 Å². The van der Waals surface area contributed by atoms with E-state index < -0.39 is 4.92 Å². The van der Waals surface area contributed by atoms with Gasteiger partial charge < -0.3 is 10.1 Å². The van der Waals surface area contributed by atoms with Crippen molar-refractivity contribution in [1.29, 1.82) is 0 Å². The quantitative estimate of drug-likeness (QED) is 0.430. The Balaban J connectivity index is 2.30. The van der Waals surface area contributed by atoms with Crippen molar-refractivity contribution in [1.82, 2.24) is 5.32 Å². The van der Waals surface area contributed by atoms with E-state index in [0.717, 1.165) is 38.2 Å². The molecule has 0 aliphatic carbocycles. The first-order valence-electron chi connectivity index (χ1n) is 6.36. The number of ether oxygens (including phenoxy) is 1. The van der Waals surface area contributed by atoms with Gasteiger partial charge in [0.25, 0.3) is 5.69 Å². The average Bonchev–Trinajstić information content (AvgIpc) is 2.39. The van der Waals surface area contributed by atoms with Gasteiger partial charge >= 0.3 is 0 Å². The van der Waals surface area contributed by atoms with Crippen molar-refractivity contribution in [2.45, 2.75) is 26.3 Å². The van der Waals surface area contributed by atoms with Gasteiger partial charge in [-0.2, -0.15) is 0 Å². The molecule has 6 heteroatoms. The molecule has 0 unspecified atom stereocenters. The predicted molar refractivity (Wildman–Crippen MR) is 75.5 cm³/mol. The van der Waals surface area contributed by atoms with Gasteiger partial charge in [-0.05, 0) is 31.0 Å². The van der Waals surface area contributed by atoms with Crippen molar-refractivity contribution in [3.05, 3.63) is 38.9 Å². The molecule has 0 atom stereocenters. The van der Waals surface area contributed by atoms with Crippen LogP contribution in [0.2, 0.25) is 5.02 Å². The topological polar surface area (TPSA) is 64.4 Å². The Morgan fingerprint density at radius 3 is 2.89 bits per heavy atom. The molecule has 0 saturated carbocycles. The van der Waals surface area contributed by atoms with Crippen LogP contribution >= 0.6 is 11.6 Å². The Morgan fingerprint density at radius 1 is 1.42 bits per heavy atom. The molecule has 19 heavy (non-hydrogen) atoms. The first kappa shape index (κ1) is 15.9. The van der Waals surface area contributed by atoms with E-state index in [0.29, 0.717) is 6.54 Å². The zero-order valence-corrected chi connectivity index (χ0v) is 11.8. The number of hydrogen-bond acceptors (Lipinski definition) is 4. The minimum Gasteiger partial charge on any atom is -0.381 e. The summed E-state index contributed by atoms with van der Waals surface area (Å²) in [5.74, 6) is 0. The molecule has 1 rings (SSSR count). The molecule has 1 aromatic carbocycles. The van der Waals surface area contributed by atoms with E-state index in [-0.39, 0.29) is 10.7 Å². The summed E-state index contributed by atoms with van der Waals surface area (Å²) < 4.78 is 5.35. The second-order valence-electron chi connectivity index (χ2n) is 4.19. The Morgan fingerprint density at radius 2 is 2.21 bits per heavy atom. The summed E-state index contributed by atoms with van der Waals surface area (Å²) in [5.41, 5.74) is 0.804. The van der Waals surface area contributed by atoms with E-state index >= 15 is 0 Å². The van der Waals surface area contributed by atoms with Crippen LogP contribution in [0.5, 0.6) is 0 Å². The summed E-state index contributed by atoms with van der Waals surface area (Å²) in [4.78, 5) is 10.3. The fourth-order valence-electron chi connectivity index (χ4n) is 1.59. The molecule has 5 nitrogen and oxygen atoms in total. The molecule has 0 bridgehead atoms. The molecule has 0 saturated heterocycles. The number of nitrogens with zero attached hydrogens (tertiary/aromatic N) is 1. The molecule has 0 radical (unpaired) electrons. The van der Waals surface area contributed by atoms with Gasteiger partial charge in [0.05, 0.1) is 4.92 Å². The maximum absolute atomic E-state index is 10.7. The van der Waals surface area contributed by atoms with E-state index in [4.69, 9.17) is 16.3 Å². The van der Waals surface area contributed by atoms with Crippen LogP contribution in [0.3, 0.4) is 0 Å². The van der Waals surface area contributed by atoms with Crippen LogP contribution in [0.15, 0.2) is 18.2 Å². The molecular weight excluding hydrogens is 268 g/mol. The zero-order valence-electron chi connectivity index (χ0n) is 11.0. The van der Waals surface area contributed by atoms with Gasteiger partial charge in [-0.25, -0.2) is 0 Å². The van der Waals surface area contributed by atoms with E-state index in [2.05, 4.69) is 12.2 Å². The lowest BCUT2D eigenvalue weighted by atomic mass is 10.2. The van der Waals surface area contributed by atoms with Gasteiger partial charge in [-0.15, -0.1) is 0 Å². The van der Waals surface area contributed by atoms with E-state index in [9.17, 15) is 10.1 Å². The molecular formula is C13H19ClN2O3. The van der Waals surface area contributed by atoms with Gasteiger partial charge in [0, 0.05) is 25.8 Å². The minimum atomic E-state index is -0.468. The minimum absolute atomic E-state index is 0.0488. The standard InChI is InChI=1S/C13H19ClN2O3/c1-2-7-19-8-3-6-15-10-11-4-5-12(14)13(9-11)16(17)18/h4-5,9,15H,2-3,6-8,10H2,1H3. The summed E-state index contributed by atoms with van der Waals surface area (Å²) in [6.45, 7) is 5.02. The Bertz CT molecular complexity index is 413. The SMILES string of the molecule is CCCOCCCNCc1ccc(Cl)c([N+](=O)[O-])c1. The average molecular weight is 287 g/mol. The smallest absolute Gasteiger partial charge is 0.288 e. The van der Waals surface area contributed by atoms with Gasteiger partial charge in [-0.3, -0.25) is 10.1 Å². The second-order valence-corrected chi connectivity index (χ2v) is 4.59. The number of halogens is 1. The van der Waals surface area contributed by atoms with Crippen LogP contribution < -0.4 is 5.32 Å². The summed E-state index contributed by atoms with van der Waals surface area (Å²) >= 11 is 5.74. The monoisotopic (exact) mass is 286 g/mol. The van der Waals surface area contributed by atoms with Crippen molar-refractivity contribution in [2.75, 3.05) is 19.8 Å². The lowest BCUT2D eigenvalue weighted by Gasteiger charge is -2.06. The molecule has 1 aromatic rings. The van der Waals surface area contributed by atoms with Gasteiger partial charge in [0.2, 0.25) is 0 Å². The third-order valence-corrected chi connectivity index (χ3v) is 2.85. The van der Waals surface area contributed by atoms with Crippen LogP contribution in [-0.2, 0) is 11.3 Å². The second kappa shape index (κ2) is 8.85. The fraction of sp³-hybridized carbons (Fsp3) is 0.538. The molecule has 106 valence electrons. The van der Waals surface area contributed by atoms with Crippen LogP contribution in [0, 0.1) is 10.1 Å². The molecule has 0 heterocycles. The van der Waals surface area contributed by atoms with E-state index in [1.54, 1.807) is 12.1 Å².